The molecule has 0 fully saturated rings. The lowest BCUT2D eigenvalue weighted by Gasteiger charge is -2.26. The summed E-state index contributed by atoms with van der Waals surface area (Å²) < 4.78 is 17.5. The van der Waals surface area contributed by atoms with Gasteiger partial charge in [-0.25, -0.2) is 0 Å². The molecular formula is C26H26BrNO6. The van der Waals surface area contributed by atoms with Crippen LogP contribution in [0.3, 0.4) is 0 Å². The lowest BCUT2D eigenvalue weighted by atomic mass is 9.95. The minimum atomic E-state index is -0.778. The first-order chi connectivity index (χ1) is 16.4. The summed E-state index contributed by atoms with van der Waals surface area (Å²) in [7, 11) is 1.53. The van der Waals surface area contributed by atoms with E-state index in [-0.39, 0.29) is 24.5 Å². The van der Waals surface area contributed by atoms with Crippen LogP contribution >= 0.6 is 15.9 Å². The van der Waals surface area contributed by atoms with Gasteiger partial charge >= 0.3 is 0 Å². The van der Waals surface area contributed by atoms with Crippen LogP contribution in [-0.4, -0.2) is 48.6 Å². The Morgan fingerprint density at radius 3 is 2.62 bits per heavy atom. The number of fused-ring (bicyclic) bond motifs is 1. The lowest BCUT2D eigenvalue weighted by molar-refractivity contribution is -0.130. The summed E-state index contributed by atoms with van der Waals surface area (Å²) in [5.41, 5.74) is 1.20. The number of methoxy groups -OCH3 is 1. The van der Waals surface area contributed by atoms with Crippen molar-refractivity contribution in [3.05, 3.63) is 75.7 Å². The molecule has 1 N–H and O–H groups in total. The standard InChI is InChI=1S/C26H26BrNO6/c1-3-4-12-33-19-8-5-16(6-9-19)23-22(25(30)26(31)28(23)11-13-32-2)24(29)21-15-17-14-18(27)7-10-20(17)34-21/h5-10,14-15,23,30H,3-4,11-13H2,1-2H3. The second-order valence-electron chi connectivity index (χ2n) is 8.05. The Morgan fingerprint density at radius 2 is 1.91 bits per heavy atom. The van der Waals surface area contributed by atoms with Gasteiger partial charge in [0, 0.05) is 23.5 Å². The van der Waals surface area contributed by atoms with Gasteiger partial charge in [-0.3, -0.25) is 9.59 Å². The van der Waals surface area contributed by atoms with E-state index in [9.17, 15) is 14.7 Å². The average molecular weight is 528 g/mol. The number of carbonyl (C=O) groups excluding carboxylic acids is 2. The minimum absolute atomic E-state index is 0.0149. The van der Waals surface area contributed by atoms with Crippen molar-refractivity contribution < 1.29 is 28.6 Å². The number of unbranched alkanes of at least 4 members (excludes halogenated alkanes) is 1. The Balaban J connectivity index is 1.70. The number of hydrogen-bond donors (Lipinski definition) is 1. The number of benzene rings is 2. The quantitative estimate of drug-likeness (QED) is 0.272. The number of ketones is 1. The van der Waals surface area contributed by atoms with Gasteiger partial charge < -0.3 is 23.9 Å². The Morgan fingerprint density at radius 1 is 1.15 bits per heavy atom. The summed E-state index contributed by atoms with van der Waals surface area (Å²) in [6.07, 6.45) is 1.98. The SMILES string of the molecule is CCCCOc1ccc(C2C(C(=O)c3cc4cc(Br)ccc4o3)=C(O)C(=O)N2CCOC)cc1. The van der Waals surface area contributed by atoms with Crippen LogP contribution in [0, 0.1) is 0 Å². The number of ether oxygens (including phenoxy) is 2. The zero-order valence-electron chi connectivity index (χ0n) is 19.0. The molecule has 7 nitrogen and oxygen atoms in total. The van der Waals surface area contributed by atoms with E-state index >= 15 is 0 Å². The number of amides is 1. The van der Waals surface area contributed by atoms with Gasteiger partial charge in [-0.1, -0.05) is 41.4 Å². The summed E-state index contributed by atoms with van der Waals surface area (Å²) in [6, 6.07) is 13.5. The monoisotopic (exact) mass is 527 g/mol. The third-order valence-corrected chi connectivity index (χ3v) is 6.24. The molecule has 3 aromatic rings. The van der Waals surface area contributed by atoms with Crippen molar-refractivity contribution >= 4 is 38.6 Å². The highest BCUT2D eigenvalue weighted by molar-refractivity contribution is 9.10. The molecule has 178 valence electrons. The van der Waals surface area contributed by atoms with Crippen molar-refractivity contribution in [2.45, 2.75) is 25.8 Å². The van der Waals surface area contributed by atoms with Gasteiger partial charge in [0.25, 0.3) is 5.91 Å². The summed E-state index contributed by atoms with van der Waals surface area (Å²) in [4.78, 5) is 27.9. The number of aliphatic hydroxyl groups is 1. The van der Waals surface area contributed by atoms with Gasteiger partial charge in [0.1, 0.15) is 11.3 Å². The second-order valence-corrected chi connectivity index (χ2v) is 8.96. The van der Waals surface area contributed by atoms with E-state index in [1.807, 2.05) is 12.1 Å². The molecule has 1 aliphatic rings. The molecule has 34 heavy (non-hydrogen) atoms. The van der Waals surface area contributed by atoms with Crippen LogP contribution < -0.4 is 4.74 Å². The third kappa shape index (κ3) is 4.74. The number of hydrogen-bond acceptors (Lipinski definition) is 6. The fraction of sp³-hybridized carbons (Fsp3) is 0.308. The van der Waals surface area contributed by atoms with E-state index in [2.05, 4.69) is 22.9 Å². The first-order valence-corrected chi connectivity index (χ1v) is 11.9. The molecule has 0 spiro atoms. The van der Waals surface area contributed by atoms with Crippen LogP contribution in [0.2, 0.25) is 0 Å². The maximum atomic E-state index is 13.5. The number of nitrogens with zero attached hydrogens (tertiary/aromatic N) is 1. The van der Waals surface area contributed by atoms with Crippen LogP contribution in [-0.2, 0) is 9.53 Å². The van der Waals surface area contributed by atoms with Crippen LogP contribution in [0.4, 0.5) is 0 Å². The number of furan rings is 1. The molecule has 1 aliphatic heterocycles. The molecule has 0 bridgehead atoms. The molecule has 1 aromatic heterocycles. The topological polar surface area (TPSA) is 89.2 Å². The predicted octanol–water partition coefficient (Wildman–Crippen LogP) is 5.60. The smallest absolute Gasteiger partial charge is 0.290 e. The van der Waals surface area contributed by atoms with Crippen LogP contribution in [0.1, 0.15) is 41.9 Å². The van der Waals surface area contributed by atoms with Crippen molar-refractivity contribution in [2.24, 2.45) is 0 Å². The molecule has 0 saturated heterocycles. The van der Waals surface area contributed by atoms with E-state index in [4.69, 9.17) is 13.9 Å². The van der Waals surface area contributed by atoms with E-state index < -0.39 is 23.5 Å². The average Bonchev–Trinajstić information content (AvgIpc) is 3.36. The summed E-state index contributed by atoms with van der Waals surface area (Å²) in [5, 5.41) is 11.5. The van der Waals surface area contributed by atoms with E-state index in [1.54, 1.807) is 36.4 Å². The Hall–Kier alpha value is -3.10. The van der Waals surface area contributed by atoms with E-state index in [1.165, 1.54) is 12.0 Å². The predicted molar refractivity (Wildman–Crippen MR) is 131 cm³/mol. The number of halogens is 1. The molecule has 1 amide bonds. The van der Waals surface area contributed by atoms with Crippen LogP contribution in [0.5, 0.6) is 5.75 Å². The van der Waals surface area contributed by atoms with Crippen molar-refractivity contribution in [2.75, 3.05) is 26.9 Å². The highest BCUT2D eigenvalue weighted by Crippen LogP contribution is 2.40. The maximum Gasteiger partial charge on any atom is 0.290 e. The summed E-state index contributed by atoms with van der Waals surface area (Å²) >= 11 is 3.41. The van der Waals surface area contributed by atoms with Gasteiger partial charge in [0.15, 0.2) is 11.5 Å². The normalized spacial score (nSPS) is 16.0. The van der Waals surface area contributed by atoms with Crippen molar-refractivity contribution in [1.29, 1.82) is 0 Å². The fourth-order valence-corrected chi connectivity index (χ4v) is 4.37. The molecule has 2 aromatic carbocycles. The summed E-state index contributed by atoms with van der Waals surface area (Å²) in [6.45, 7) is 3.18. The largest absolute Gasteiger partial charge is 0.503 e. The maximum absolute atomic E-state index is 13.5. The highest BCUT2D eigenvalue weighted by Gasteiger charge is 2.44. The van der Waals surface area contributed by atoms with E-state index in [0.717, 1.165) is 22.7 Å². The highest BCUT2D eigenvalue weighted by atomic mass is 79.9. The van der Waals surface area contributed by atoms with E-state index in [0.29, 0.717) is 23.5 Å². The van der Waals surface area contributed by atoms with Crippen LogP contribution in [0.25, 0.3) is 11.0 Å². The Bertz CT molecular complexity index is 1230. The molecule has 1 unspecified atom stereocenters. The van der Waals surface area contributed by atoms with Crippen molar-refractivity contribution in [1.82, 2.24) is 4.90 Å². The fourth-order valence-electron chi connectivity index (χ4n) is 3.99. The van der Waals surface area contributed by atoms with Gasteiger partial charge in [-0.2, -0.15) is 0 Å². The number of carbonyl (C=O) groups is 2. The zero-order chi connectivity index (χ0) is 24.2. The molecule has 0 aliphatic carbocycles. The molecule has 0 saturated carbocycles. The first-order valence-electron chi connectivity index (χ1n) is 11.1. The molecule has 2 heterocycles. The minimum Gasteiger partial charge on any atom is -0.503 e. The Kier molecular flexibility index (Phi) is 7.38. The summed E-state index contributed by atoms with van der Waals surface area (Å²) in [5.74, 6) is -0.968. The van der Waals surface area contributed by atoms with Gasteiger partial charge in [0.05, 0.1) is 24.8 Å². The molecule has 8 heteroatoms. The lowest BCUT2D eigenvalue weighted by Crippen LogP contribution is -2.34. The molecule has 1 atom stereocenters. The second kappa shape index (κ2) is 10.4. The van der Waals surface area contributed by atoms with Gasteiger partial charge in [-0.05, 0) is 48.4 Å². The third-order valence-electron chi connectivity index (χ3n) is 5.75. The first kappa shape index (κ1) is 24.0. The number of Topliss-reactive ketones (excluding diaryl/α,β-unsaturated/α-hetero) is 1. The Labute approximate surface area is 206 Å². The molecule has 4 rings (SSSR count). The molecular weight excluding hydrogens is 502 g/mol. The number of rotatable bonds is 10. The zero-order valence-corrected chi connectivity index (χ0v) is 20.6. The van der Waals surface area contributed by atoms with Crippen LogP contribution in [0.15, 0.2) is 68.8 Å². The van der Waals surface area contributed by atoms with Gasteiger partial charge in [0.2, 0.25) is 5.78 Å². The van der Waals surface area contributed by atoms with Crippen molar-refractivity contribution in [3.63, 3.8) is 0 Å². The van der Waals surface area contributed by atoms with Gasteiger partial charge in [-0.15, -0.1) is 0 Å². The number of aliphatic hydroxyl groups excluding tert-OH is 1. The molecule has 0 radical (unpaired) electrons. The van der Waals surface area contributed by atoms with Crippen molar-refractivity contribution in [3.8, 4) is 5.75 Å².